The third-order valence-electron chi connectivity index (χ3n) is 8.48. The lowest BCUT2D eigenvalue weighted by molar-refractivity contribution is 0.0898. The molecule has 3 aromatic heterocycles. The second-order valence-corrected chi connectivity index (χ2v) is 11.9. The number of piperidine rings is 1. The van der Waals surface area contributed by atoms with Gasteiger partial charge < -0.3 is 14.5 Å². The Kier molecular flexibility index (Phi) is 7.65. The van der Waals surface area contributed by atoms with Crippen LogP contribution in [0.4, 0.5) is 0 Å². The Bertz CT molecular complexity index is 1490. The summed E-state index contributed by atoms with van der Waals surface area (Å²) in [5.74, 6) is 2.32. The molecule has 9 nitrogen and oxygen atoms in total. The molecule has 0 amide bonds. The molecule has 2 aliphatic rings. The maximum absolute atomic E-state index is 12.6. The van der Waals surface area contributed by atoms with Crippen molar-refractivity contribution in [1.29, 1.82) is 0 Å². The van der Waals surface area contributed by atoms with Crippen molar-refractivity contribution in [2.24, 2.45) is 11.8 Å². The second kappa shape index (κ2) is 11.5. The number of hydrogen-bond donors (Lipinski definition) is 2. The van der Waals surface area contributed by atoms with E-state index < -0.39 is 16.1 Å². The van der Waals surface area contributed by atoms with Gasteiger partial charge in [0, 0.05) is 35.3 Å². The molecule has 0 spiro atoms. The molecular formula is C29H35N5O4S. The first-order chi connectivity index (χ1) is 19.1. The van der Waals surface area contributed by atoms with E-state index in [2.05, 4.69) is 19.9 Å². The molecule has 1 saturated heterocycles. The largest absolute Gasteiger partial charge is 0.497 e. The van der Waals surface area contributed by atoms with Crippen LogP contribution in [-0.2, 0) is 10.7 Å². The lowest BCUT2D eigenvalue weighted by Gasteiger charge is -2.41. The van der Waals surface area contributed by atoms with Gasteiger partial charge in [-0.3, -0.25) is 4.90 Å². The fraction of sp³-hybridized carbons (Fsp3) is 0.483. The highest BCUT2D eigenvalue weighted by atomic mass is 32.2. The van der Waals surface area contributed by atoms with E-state index in [-0.39, 0.29) is 11.8 Å². The molecule has 2 fully saturated rings. The van der Waals surface area contributed by atoms with Crippen LogP contribution in [0.3, 0.4) is 0 Å². The first-order valence-corrected chi connectivity index (χ1v) is 15.1. The second-order valence-electron chi connectivity index (χ2n) is 10.8. The number of hydrogen-bond acceptors (Lipinski definition) is 8. The zero-order valence-electron chi connectivity index (χ0n) is 22.2. The minimum Gasteiger partial charge on any atom is -0.497 e. The maximum Gasteiger partial charge on any atom is 0.156 e. The van der Waals surface area contributed by atoms with Crippen molar-refractivity contribution in [1.82, 2.24) is 24.8 Å². The van der Waals surface area contributed by atoms with Crippen LogP contribution in [0.25, 0.3) is 21.9 Å². The molecule has 206 valence electrons. The Balaban J connectivity index is 1.12. The normalized spacial score (nSPS) is 23.3. The minimum atomic E-state index is -2.57. The quantitative estimate of drug-likeness (QED) is 0.309. The number of likely N-dealkylation sites (tertiary alicyclic amines) is 1. The molecule has 10 heteroatoms. The number of fused-ring (bicyclic) bond motifs is 3. The number of aromatic nitrogens is 4. The van der Waals surface area contributed by atoms with Gasteiger partial charge in [-0.2, -0.15) is 0 Å². The zero-order chi connectivity index (χ0) is 26.8. The summed E-state index contributed by atoms with van der Waals surface area (Å²) in [4.78, 5) is 19.0. The standard InChI is InChI=1S/C29H35N5O4S/c1-37-22-8-10-23(11-9-22)38-17-19-3-2-14-34(16-19)29(39(35)36)21-6-4-20(5-7-21)27-26-24-12-13-30-28(24)31-15-25(26)32-18-33-27/h8-13,15,18-21,29,39H,2-7,14,16-17H2,1H3,(H,30,31). The van der Waals surface area contributed by atoms with E-state index in [1.165, 1.54) is 0 Å². The van der Waals surface area contributed by atoms with Gasteiger partial charge >= 0.3 is 0 Å². The number of methoxy groups -OCH3 is 1. The predicted molar refractivity (Wildman–Crippen MR) is 151 cm³/mol. The van der Waals surface area contributed by atoms with Crippen LogP contribution in [0, 0.1) is 11.8 Å². The van der Waals surface area contributed by atoms with Crippen molar-refractivity contribution >= 4 is 32.6 Å². The Morgan fingerprint density at radius 3 is 2.59 bits per heavy atom. The number of nitrogens with zero attached hydrogens (tertiary/aromatic N) is 4. The van der Waals surface area contributed by atoms with Crippen molar-refractivity contribution in [3.05, 3.63) is 54.7 Å². The Labute approximate surface area is 229 Å². The summed E-state index contributed by atoms with van der Waals surface area (Å²) < 4.78 is 36.5. The molecular weight excluding hydrogens is 514 g/mol. The van der Waals surface area contributed by atoms with E-state index in [9.17, 15) is 8.42 Å². The monoisotopic (exact) mass is 549 g/mol. The molecule has 1 aliphatic carbocycles. The molecule has 4 aromatic rings. The van der Waals surface area contributed by atoms with Gasteiger partial charge in [0.05, 0.1) is 31.1 Å². The molecule has 4 heterocycles. The van der Waals surface area contributed by atoms with Crippen LogP contribution >= 0.6 is 0 Å². The third-order valence-corrected chi connectivity index (χ3v) is 9.66. The van der Waals surface area contributed by atoms with Crippen LogP contribution in [0.5, 0.6) is 11.5 Å². The van der Waals surface area contributed by atoms with Crippen LogP contribution in [0.15, 0.2) is 49.1 Å². The number of pyridine rings is 1. The summed E-state index contributed by atoms with van der Waals surface area (Å²) >= 11 is 0. The van der Waals surface area contributed by atoms with E-state index in [1.54, 1.807) is 19.6 Å². The van der Waals surface area contributed by atoms with Gasteiger partial charge in [0.25, 0.3) is 0 Å². The smallest absolute Gasteiger partial charge is 0.156 e. The fourth-order valence-corrected chi connectivity index (χ4v) is 7.66. The summed E-state index contributed by atoms with van der Waals surface area (Å²) in [5, 5.41) is 1.68. The zero-order valence-corrected chi connectivity index (χ0v) is 23.1. The van der Waals surface area contributed by atoms with Crippen molar-refractivity contribution < 1.29 is 17.9 Å². The topological polar surface area (TPSA) is 110 Å². The van der Waals surface area contributed by atoms with Crippen LogP contribution in [-0.4, -0.2) is 65.4 Å². The molecule has 39 heavy (non-hydrogen) atoms. The number of aromatic amines is 1. The molecule has 0 bridgehead atoms. The van der Waals surface area contributed by atoms with Gasteiger partial charge in [0.1, 0.15) is 28.8 Å². The van der Waals surface area contributed by atoms with Gasteiger partial charge in [-0.1, -0.05) is 0 Å². The number of H-pyrrole nitrogens is 1. The molecule has 6 rings (SSSR count). The number of nitrogens with one attached hydrogen (secondary N) is 1. The highest BCUT2D eigenvalue weighted by molar-refractivity contribution is 7.73. The van der Waals surface area contributed by atoms with Crippen LogP contribution in [0.1, 0.15) is 50.1 Å². The summed E-state index contributed by atoms with van der Waals surface area (Å²) in [5.41, 5.74) is 2.75. The number of thiol groups is 1. The van der Waals surface area contributed by atoms with E-state index in [1.807, 2.05) is 36.5 Å². The van der Waals surface area contributed by atoms with Crippen LogP contribution < -0.4 is 9.47 Å². The highest BCUT2D eigenvalue weighted by Crippen LogP contribution is 2.41. The van der Waals surface area contributed by atoms with Crippen molar-refractivity contribution in [3.8, 4) is 11.5 Å². The average molecular weight is 550 g/mol. The molecule has 1 saturated carbocycles. The Hall–Kier alpha value is -3.24. The van der Waals surface area contributed by atoms with Crippen molar-refractivity contribution in [2.45, 2.75) is 49.8 Å². The SMILES string of the molecule is COc1ccc(OCC2CCCN(C(C3CCC(c4ncnc5cnc6[nH]ccc6c45)CC3)[SH](=O)=O)C2)cc1. The molecule has 1 aromatic carbocycles. The van der Waals surface area contributed by atoms with Gasteiger partial charge in [0.2, 0.25) is 0 Å². The first-order valence-electron chi connectivity index (χ1n) is 13.8. The number of rotatable bonds is 8. The predicted octanol–water partition coefficient (Wildman–Crippen LogP) is 4.52. The molecule has 1 aliphatic heterocycles. The van der Waals surface area contributed by atoms with E-state index >= 15 is 0 Å². The summed E-state index contributed by atoms with van der Waals surface area (Å²) in [7, 11) is -0.923. The minimum absolute atomic E-state index is 0.130. The third kappa shape index (κ3) is 5.45. The Morgan fingerprint density at radius 1 is 1.03 bits per heavy atom. The van der Waals surface area contributed by atoms with E-state index in [0.29, 0.717) is 12.5 Å². The van der Waals surface area contributed by atoms with Gasteiger partial charge in [0.15, 0.2) is 10.7 Å². The number of ether oxygens (including phenoxy) is 2. The van der Waals surface area contributed by atoms with Crippen molar-refractivity contribution in [2.75, 3.05) is 26.8 Å². The number of benzene rings is 1. The van der Waals surface area contributed by atoms with Gasteiger partial charge in [-0.05, 0) is 81.3 Å². The molecule has 2 atom stereocenters. The molecule has 0 radical (unpaired) electrons. The van der Waals surface area contributed by atoms with Crippen molar-refractivity contribution in [3.63, 3.8) is 0 Å². The van der Waals surface area contributed by atoms with E-state index in [0.717, 1.165) is 90.7 Å². The molecule has 1 N–H and O–H groups in total. The summed E-state index contributed by atoms with van der Waals surface area (Å²) in [6.07, 6.45) is 10.9. The molecule has 2 unspecified atom stereocenters. The van der Waals surface area contributed by atoms with Gasteiger partial charge in [-0.15, -0.1) is 0 Å². The highest BCUT2D eigenvalue weighted by Gasteiger charge is 2.37. The average Bonchev–Trinajstić information content (AvgIpc) is 3.46. The Morgan fingerprint density at radius 2 is 1.82 bits per heavy atom. The van der Waals surface area contributed by atoms with Gasteiger partial charge in [-0.25, -0.2) is 23.4 Å². The lowest BCUT2D eigenvalue weighted by Crippen LogP contribution is -2.48. The summed E-state index contributed by atoms with van der Waals surface area (Å²) in [6.45, 7) is 2.16. The van der Waals surface area contributed by atoms with E-state index in [4.69, 9.17) is 14.5 Å². The first kappa shape index (κ1) is 26.0. The van der Waals surface area contributed by atoms with Crippen LogP contribution in [0.2, 0.25) is 0 Å². The summed E-state index contributed by atoms with van der Waals surface area (Å²) in [6, 6.07) is 9.63. The fourth-order valence-electron chi connectivity index (χ4n) is 6.55. The maximum atomic E-state index is 12.6. The lowest BCUT2D eigenvalue weighted by atomic mass is 9.79.